The van der Waals surface area contributed by atoms with Crippen LogP contribution in [0, 0.1) is 0 Å². The van der Waals surface area contributed by atoms with Gasteiger partial charge in [-0.3, -0.25) is 20.4 Å². The number of fused-ring (bicyclic) bond motifs is 1. The first-order chi connectivity index (χ1) is 14.2. The van der Waals surface area contributed by atoms with E-state index in [4.69, 9.17) is 9.26 Å². The summed E-state index contributed by atoms with van der Waals surface area (Å²) in [6.45, 7) is 2.84. The van der Waals surface area contributed by atoms with E-state index in [1.54, 1.807) is 30.3 Å². The predicted molar refractivity (Wildman–Crippen MR) is 109 cm³/mol. The van der Waals surface area contributed by atoms with E-state index in [2.05, 4.69) is 22.9 Å². The molecule has 2 N–H and O–H groups in total. The molecule has 1 aromatic heterocycles. The molecular weight excluding hydrogens is 370 g/mol. The molecule has 0 atom stereocenters. The van der Waals surface area contributed by atoms with E-state index >= 15 is 0 Å². The Morgan fingerprint density at radius 2 is 1.79 bits per heavy atom. The summed E-state index contributed by atoms with van der Waals surface area (Å²) in [6, 6.07) is 14.1. The number of aromatic nitrogens is 1. The second-order valence-corrected chi connectivity index (χ2v) is 6.74. The lowest BCUT2D eigenvalue weighted by molar-refractivity contribution is -0.121. The summed E-state index contributed by atoms with van der Waals surface area (Å²) in [7, 11) is 0. The van der Waals surface area contributed by atoms with Gasteiger partial charge in [0, 0.05) is 10.9 Å². The number of ether oxygens (including phenoxy) is 1. The van der Waals surface area contributed by atoms with Crippen LogP contribution in [-0.2, 0) is 11.2 Å². The smallest absolute Gasteiger partial charge is 0.269 e. The van der Waals surface area contributed by atoms with Crippen molar-refractivity contribution in [2.24, 2.45) is 0 Å². The first-order valence-corrected chi connectivity index (χ1v) is 9.82. The molecule has 3 aromatic rings. The van der Waals surface area contributed by atoms with E-state index in [9.17, 15) is 9.59 Å². The fraction of sp³-hybridized carbons (Fsp3) is 0.318. The first kappa shape index (κ1) is 20.4. The molecule has 0 bridgehead atoms. The summed E-state index contributed by atoms with van der Waals surface area (Å²) in [6.07, 6.45) is 4.57. The molecule has 0 saturated heterocycles. The summed E-state index contributed by atoms with van der Waals surface area (Å²) in [5, 5.41) is 4.69. The van der Waals surface area contributed by atoms with Gasteiger partial charge in [0.05, 0.1) is 13.0 Å². The van der Waals surface area contributed by atoms with Crippen LogP contribution in [-0.4, -0.2) is 23.6 Å². The van der Waals surface area contributed by atoms with Gasteiger partial charge in [-0.2, -0.15) is 0 Å². The van der Waals surface area contributed by atoms with E-state index in [0.29, 0.717) is 23.4 Å². The van der Waals surface area contributed by atoms with Crippen LogP contribution < -0.4 is 15.6 Å². The lowest BCUT2D eigenvalue weighted by atomic mass is 10.2. The fourth-order valence-corrected chi connectivity index (χ4v) is 2.88. The monoisotopic (exact) mass is 395 g/mol. The summed E-state index contributed by atoms with van der Waals surface area (Å²) < 4.78 is 10.8. The topological polar surface area (TPSA) is 93.5 Å². The molecular formula is C22H25N3O4. The third kappa shape index (κ3) is 5.81. The van der Waals surface area contributed by atoms with E-state index < -0.39 is 5.91 Å². The Balaban J connectivity index is 1.44. The zero-order valence-electron chi connectivity index (χ0n) is 16.4. The molecule has 0 unspecified atom stereocenters. The number of amides is 2. The van der Waals surface area contributed by atoms with Crippen molar-refractivity contribution in [1.82, 2.24) is 16.0 Å². The molecule has 0 aliphatic heterocycles. The second kappa shape index (κ2) is 10.3. The molecule has 0 spiro atoms. The highest BCUT2D eigenvalue weighted by Crippen LogP contribution is 2.18. The van der Waals surface area contributed by atoms with Crippen LogP contribution in [0.5, 0.6) is 5.75 Å². The molecule has 152 valence electrons. The highest BCUT2D eigenvalue weighted by Gasteiger charge is 2.13. The molecule has 7 nitrogen and oxygen atoms in total. The number of benzene rings is 2. The minimum Gasteiger partial charge on any atom is -0.494 e. The largest absolute Gasteiger partial charge is 0.494 e. The maximum Gasteiger partial charge on any atom is 0.269 e. The Morgan fingerprint density at radius 1 is 1.00 bits per heavy atom. The molecule has 0 aliphatic carbocycles. The maximum absolute atomic E-state index is 12.2. The number of carbonyl (C=O) groups is 2. The van der Waals surface area contributed by atoms with Gasteiger partial charge in [-0.25, -0.2) is 0 Å². The minimum atomic E-state index is -0.405. The highest BCUT2D eigenvalue weighted by atomic mass is 16.5. The lowest BCUT2D eigenvalue weighted by Crippen LogP contribution is -2.42. The van der Waals surface area contributed by atoms with Gasteiger partial charge in [0.1, 0.15) is 11.4 Å². The van der Waals surface area contributed by atoms with Crippen molar-refractivity contribution in [1.29, 1.82) is 0 Å². The van der Waals surface area contributed by atoms with Crippen molar-refractivity contribution >= 4 is 22.8 Å². The number of hydrazine groups is 1. The predicted octanol–water partition coefficient (Wildman–Crippen LogP) is 3.79. The Morgan fingerprint density at radius 3 is 2.59 bits per heavy atom. The summed E-state index contributed by atoms with van der Waals surface area (Å²) in [5.41, 5.74) is 6.37. The zero-order chi connectivity index (χ0) is 20.5. The van der Waals surface area contributed by atoms with Gasteiger partial charge in [0.25, 0.3) is 5.91 Å². The van der Waals surface area contributed by atoms with Crippen LogP contribution >= 0.6 is 0 Å². The summed E-state index contributed by atoms with van der Waals surface area (Å²) >= 11 is 0. The van der Waals surface area contributed by atoms with Gasteiger partial charge in [-0.15, -0.1) is 0 Å². The van der Waals surface area contributed by atoms with Gasteiger partial charge in [-0.05, 0) is 42.8 Å². The van der Waals surface area contributed by atoms with E-state index in [1.807, 2.05) is 18.2 Å². The van der Waals surface area contributed by atoms with E-state index in [0.717, 1.165) is 24.0 Å². The average Bonchev–Trinajstić information content (AvgIpc) is 3.15. The number of nitrogens with one attached hydrogen (secondary N) is 2. The average molecular weight is 395 g/mol. The van der Waals surface area contributed by atoms with Crippen LogP contribution in [0.4, 0.5) is 0 Å². The Hall–Kier alpha value is -3.35. The third-order valence-corrected chi connectivity index (χ3v) is 4.48. The SMILES string of the molecule is CCCCCCOc1ccc(C(=O)NNC(=O)Cc2noc3ccccc23)cc1. The second-order valence-electron chi connectivity index (χ2n) is 6.74. The van der Waals surface area contributed by atoms with Gasteiger partial charge in [-0.1, -0.05) is 43.5 Å². The molecule has 2 aromatic carbocycles. The number of nitrogens with zero attached hydrogens (tertiary/aromatic N) is 1. The van der Waals surface area contributed by atoms with Crippen molar-refractivity contribution in [2.45, 2.75) is 39.0 Å². The molecule has 0 radical (unpaired) electrons. The maximum atomic E-state index is 12.2. The molecule has 0 saturated carbocycles. The number of unbranched alkanes of at least 4 members (excludes halogenated alkanes) is 3. The molecule has 0 fully saturated rings. The Bertz CT molecular complexity index is 950. The number of carbonyl (C=O) groups excluding carboxylic acids is 2. The number of para-hydroxylation sites is 1. The first-order valence-electron chi connectivity index (χ1n) is 9.82. The fourth-order valence-electron chi connectivity index (χ4n) is 2.88. The van der Waals surface area contributed by atoms with Crippen LogP contribution in [0.15, 0.2) is 53.1 Å². The van der Waals surface area contributed by atoms with Crippen molar-refractivity contribution < 1.29 is 18.8 Å². The standard InChI is InChI=1S/C22H25N3O4/c1-2-3-4-7-14-28-17-12-10-16(11-13-17)22(27)24-23-21(26)15-19-18-8-5-6-9-20(18)29-25-19/h5-6,8-13H,2-4,7,14-15H2,1H3,(H,23,26)(H,24,27). The Kier molecular flexibility index (Phi) is 7.22. The minimum absolute atomic E-state index is 0.00209. The van der Waals surface area contributed by atoms with Crippen molar-refractivity contribution in [3.8, 4) is 5.75 Å². The van der Waals surface area contributed by atoms with Gasteiger partial charge < -0.3 is 9.26 Å². The molecule has 1 heterocycles. The molecule has 0 aliphatic rings. The summed E-state index contributed by atoms with van der Waals surface area (Å²) in [5.74, 6) is -0.0673. The number of hydrogen-bond acceptors (Lipinski definition) is 5. The van der Waals surface area contributed by atoms with Crippen LogP contribution in [0.3, 0.4) is 0 Å². The van der Waals surface area contributed by atoms with Crippen molar-refractivity contribution in [3.05, 3.63) is 59.8 Å². The van der Waals surface area contributed by atoms with Crippen molar-refractivity contribution in [3.63, 3.8) is 0 Å². The lowest BCUT2D eigenvalue weighted by Gasteiger charge is -2.08. The van der Waals surface area contributed by atoms with Gasteiger partial charge in [0.2, 0.25) is 5.91 Å². The van der Waals surface area contributed by atoms with Gasteiger partial charge in [0.15, 0.2) is 5.58 Å². The quantitative estimate of drug-likeness (QED) is 0.425. The highest BCUT2D eigenvalue weighted by molar-refractivity contribution is 5.96. The number of hydrogen-bond donors (Lipinski definition) is 2. The van der Waals surface area contributed by atoms with Crippen molar-refractivity contribution in [2.75, 3.05) is 6.61 Å². The zero-order valence-corrected chi connectivity index (χ0v) is 16.4. The summed E-state index contributed by atoms with van der Waals surface area (Å²) in [4.78, 5) is 24.3. The Labute approximate surface area is 169 Å². The van der Waals surface area contributed by atoms with Gasteiger partial charge >= 0.3 is 0 Å². The molecule has 3 rings (SSSR count). The van der Waals surface area contributed by atoms with Crippen LogP contribution in [0.2, 0.25) is 0 Å². The molecule has 2 amide bonds. The molecule has 7 heteroatoms. The van der Waals surface area contributed by atoms with E-state index in [1.165, 1.54) is 12.8 Å². The molecule has 29 heavy (non-hydrogen) atoms. The van der Waals surface area contributed by atoms with E-state index in [-0.39, 0.29) is 12.3 Å². The van der Waals surface area contributed by atoms with Crippen LogP contribution in [0.25, 0.3) is 11.0 Å². The third-order valence-electron chi connectivity index (χ3n) is 4.48. The van der Waals surface area contributed by atoms with Crippen LogP contribution in [0.1, 0.15) is 48.7 Å². The number of rotatable bonds is 9. The normalized spacial score (nSPS) is 10.7.